The van der Waals surface area contributed by atoms with Crippen molar-refractivity contribution in [3.05, 3.63) is 0 Å². The molecule has 0 aliphatic rings. The second kappa shape index (κ2) is 11.4. The molecule has 0 fully saturated rings. The highest BCUT2D eigenvalue weighted by molar-refractivity contribution is 5.76. The smallest absolute Gasteiger partial charge is 0.347 e. The first-order chi connectivity index (χ1) is 5.99. The number of aliphatic hydroxyl groups excluding tert-OH is 1. The molecule has 82 valence electrons. The van der Waals surface area contributed by atoms with Gasteiger partial charge in [-0.15, -0.1) is 0 Å². The fraction of sp³-hybridized carbons (Fsp3) is 0.571. The summed E-state index contributed by atoms with van der Waals surface area (Å²) in [6.07, 6.45) is -1.43. The molecular weight excluding hydrogens is 192 g/mol. The van der Waals surface area contributed by atoms with Crippen LogP contribution in [-0.4, -0.2) is 34.9 Å². The number of carbonyl (C=O) groups is 2. The molecule has 0 spiro atoms. The molecule has 0 radical (unpaired) electrons. The van der Waals surface area contributed by atoms with Crippen LogP contribution in [0, 0.1) is 11.3 Å². The predicted molar refractivity (Wildman–Crippen MR) is 46.6 cm³/mol. The molecule has 0 amide bonds. The number of esters is 1. The van der Waals surface area contributed by atoms with Crippen molar-refractivity contribution >= 4 is 11.9 Å². The van der Waals surface area contributed by atoms with E-state index in [2.05, 4.69) is 4.74 Å². The van der Waals surface area contributed by atoms with Crippen LogP contribution < -0.4 is 6.15 Å². The SMILES string of the molecule is CC#N.CC(=O)OC(CO)C(=O)O.N. The minimum atomic E-state index is -1.43. The zero-order valence-electron chi connectivity index (χ0n) is 8.06. The van der Waals surface area contributed by atoms with Crippen molar-refractivity contribution < 1.29 is 24.5 Å². The van der Waals surface area contributed by atoms with Crippen molar-refractivity contribution in [2.45, 2.75) is 20.0 Å². The molecule has 0 saturated carbocycles. The molecule has 0 heterocycles. The van der Waals surface area contributed by atoms with E-state index in [1.165, 1.54) is 6.92 Å². The van der Waals surface area contributed by atoms with Gasteiger partial charge in [0.2, 0.25) is 6.10 Å². The van der Waals surface area contributed by atoms with Gasteiger partial charge in [-0.05, 0) is 0 Å². The number of hydrogen-bond acceptors (Lipinski definition) is 6. The number of aliphatic hydroxyl groups is 1. The number of nitriles is 1. The van der Waals surface area contributed by atoms with E-state index in [0.29, 0.717) is 0 Å². The Bertz CT molecular complexity index is 211. The van der Waals surface area contributed by atoms with Crippen molar-refractivity contribution in [1.82, 2.24) is 6.15 Å². The monoisotopic (exact) mass is 206 g/mol. The van der Waals surface area contributed by atoms with Gasteiger partial charge in [0, 0.05) is 13.8 Å². The first-order valence-corrected chi connectivity index (χ1v) is 3.31. The molecule has 0 rings (SSSR count). The van der Waals surface area contributed by atoms with Crippen LogP contribution in [-0.2, 0) is 14.3 Å². The number of nitrogens with zero attached hydrogens (tertiary/aromatic N) is 1. The summed E-state index contributed by atoms with van der Waals surface area (Å²) in [6, 6.07) is 1.75. The van der Waals surface area contributed by atoms with Crippen LogP contribution >= 0.6 is 0 Å². The van der Waals surface area contributed by atoms with Crippen LogP contribution in [0.15, 0.2) is 0 Å². The Labute approximate surface area is 81.5 Å². The largest absolute Gasteiger partial charge is 0.478 e. The molecule has 0 aliphatic heterocycles. The molecule has 14 heavy (non-hydrogen) atoms. The Hall–Kier alpha value is -1.65. The lowest BCUT2D eigenvalue weighted by atomic mass is 10.4. The van der Waals surface area contributed by atoms with E-state index in [9.17, 15) is 9.59 Å². The topological polar surface area (TPSA) is 143 Å². The molecule has 1 unspecified atom stereocenters. The minimum Gasteiger partial charge on any atom is -0.478 e. The van der Waals surface area contributed by atoms with Crippen LogP contribution in [0.5, 0.6) is 0 Å². The van der Waals surface area contributed by atoms with Crippen molar-refractivity contribution in [1.29, 1.82) is 5.26 Å². The zero-order chi connectivity index (χ0) is 10.9. The molecule has 0 bridgehead atoms. The van der Waals surface area contributed by atoms with Gasteiger partial charge in [-0.2, -0.15) is 5.26 Å². The van der Waals surface area contributed by atoms with Crippen LogP contribution in [0.1, 0.15) is 13.8 Å². The Balaban J connectivity index is -0.000000267. The van der Waals surface area contributed by atoms with Gasteiger partial charge in [0.25, 0.3) is 0 Å². The van der Waals surface area contributed by atoms with Crippen LogP contribution in [0.3, 0.4) is 0 Å². The van der Waals surface area contributed by atoms with Gasteiger partial charge in [0.15, 0.2) is 0 Å². The Morgan fingerprint density at radius 2 is 1.93 bits per heavy atom. The molecule has 7 nitrogen and oxygen atoms in total. The highest BCUT2D eigenvalue weighted by atomic mass is 16.6. The second-order valence-corrected chi connectivity index (χ2v) is 1.84. The lowest BCUT2D eigenvalue weighted by molar-refractivity contribution is -0.165. The summed E-state index contributed by atoms with van der Waals surface area (Å²) in [5, 5.41) is 23.8. The third-order valence-corrected chi connectivity index (χ3v) is 0.749. The summed E-state index contributed by atoms with van der Waals surface area (Å²) < 4.78 is 4.17. The molecule has 0 aromatic heterocycles. The van der Waals surface area contributed by atoms with Gasteiger partial charge in [-0.25, -0.2) is 4.79 Å². The highest BCUT2D eigenvalue weighted by Gasteiger charge is 2.18. The molecule has 0 aromatic carbocycles. The van der Waals surface area contributed by atoms with Gasteiger partial charge in [0.05, 0.1) is 12.7 Å². The fourth-order valence-corrected chi connectivity index (χ4v) is 0.366. The van der Waals surface area contributed by atoms with E-state index in [4.69, 9.17) is 15.5 Å². The summed E-state index contributed by atoms with van der Waals surface area (Å²) in [5.41, 5.74) is 0. The quantitative estimate of drug-likeness (QED) is 0.537. The second-order valence-electron chi connectivity index (χ2n) is 1.84. The number of rotatable bonds is 3. The number of carbonyl (C=O) groups excluding carboxylic acids is 1. The van der Waals surface area contributed by atoms with E-state index in [-0.39, 0.29) is 6.15 Å². The minimum absolute atomic E-state index is 0. The molecule has 0 aromatic rings. The Morgan fingerprint density at radius 1 is 1.57 bits per heavy atom. The lowest BCUT2D eigenvalue weighted by Gasteiger charge is -2.07. The van der Waals surface area contributed by atoms with Gasteiger partial charge in [-0.3, -0.25) is 4.79 Å². The summed E-state index contributed by atoms with van der Waals surface area (Å²) in [6.45, 7) is 1.81. The molecule has 0 saturated heterocycles. The Kier molecular flexibility index (Phi) is 14.8. The number of carboxylic acid groups (broad SMARTS) is 1. The molecule has 1 atom stereocenters. The van der Waals surface area contributed by atoms with Gasteiger partial charge < -0.3 is 21.1 Å². The van der Waals surface area contributed by atoms with E-state index in [1.807, 2.05) is 0 Å². The number of ether oxygens (including phenoxy) is 1. The summed E-state index contributed by atoms with van der Waals surface area (Å²) in [4.78, 5) is 20.1. The van der Waals surface area contributed by atoms with Crippen LogP contribution in [0.4, 0.5) is 0 Å². The summed E-state index contributed by atoms with van der Waals surface area (Å²) in [5.74, 6) is -2.07. The number of aliphatic carboxylic acids is 1. The van der Waals surface area contributed by atoms with Crippen molar-refractivity contribution in [3.63, 3.8) is 0 Å². The van der Waals surface area contributed by atoms with Gasteiger partial charge in [0.1, 0.15) is 0 Å². The average molecular weight is 206 g/mol. The van der Waals surface area contributed by atoms with Crippen molar-refractivity contribution in [2.75, 3.05) is 6.61 Å². The molecule has 7 heteroatoms. The fourth-order valence-electron chi connectivity index (χ4n) is 0.366. The normalized spacial score (nSPS) is 9.29. The first-order valence-electron chi connectivity index (χ1n) is 3.31. The molecule has 0 aliphatic carbocycles. The third kappa shape index (κ3) is 13.0. The molecule has 5 N–H and O–H groups in total. The maximum absolute atomic E-state index is 10.1. The standard InChI is InChI=1S/C5H8O5.C2H3N.H3N/c1-3(7)10-4(2-6)5(8)9;1-2-3;/h4,6H,2H2,1H3,(H,8,9);1H3;1H3. The van der Waals surface area contributed by atoms with E-state index >= 15 is 0 Å². The summed E-state index contributed by atoms with van der Waals surface area (Å²) in [7, 11) is 0. The van der Waals surface area contributed by atoms with E-state index in [1.54, 1.807) is 6.07 Å². The predicted octanol–water partition coefficient (Wildman–Crippen LogP) is -0.313. The van der Waals surface area contributed by atoms with Crippen molar-refractivity contribution in [2.24, 2.45) is 0 Å². The van der Waals surface area contributed by atoms with E-state index < -0.39 is 24.6 Å². The van der Waals surface area contributed by atoms with Gasteiger partial charge >= 0.3 is 11.9 Å². The Morgan fingerprint density at radius 3 is 2.00 bits per heavy atom. The van der Waals surface area contributed by atoms with Crippen molar-refractivity contribution in [3.8, 4) is 6.07 Å². The van der Waals surface area contributed by atoms with Crippen LogP contribution in [0.25, 0.3) is 0 Å². The molecular formula is C7H14N2O5. The number of carboxylic acids is 1. The van der Waals surface area contributed by atoms with Gasteiger partial charge in [-0.1, -0.05) is 0 Å². The lowest BCUT2D eigenvalue weighted by Crippen LogP contribution is -2.29. The zero-order valence-corrected chi connectivity index (χ0v) is 8.06. The first kappa shape index (κ1) is 18.2. The average Bonchev–Trinajstić information content (AvgIpc) is 2.00. The van der Waals surface area contributed by atoms with E-state index in [0.717, 1.165) is 6.92 Å². The maximum Gasteiger partial charge on any atom is 0.347 e. The van der Waals surface area contributed by atoms with Crippen LogP contribution in [0.2, 0.25) is 0 Å². The number of hydrogen-bond donors (Lipinski definition) is 3. The summed E-state index contributed by atoms with van der Waals surface area (Å²) >= 11 is 0. The maximum atomic E-state index is 10.1. The third-order valence-electron chi connectivity index (χ3n) is 0.749. The highest BCUT2D eigenvalue weighted by Crippen LogP contribution is 1.90.